The molecule has 0 bridgehead atoms. The van der Waals surface area contributed by atoms with Crippen LogP contribution in [0.15, 0.2) is 21.2 Å². The number of hydrogen-bond acceptors (Lipinski definition) is 3. The Bertz CT molecular complexity index is 224. The van der Waals surface area contributed by atoms with E-state index in [1.807, 2.05) is 0 Å². The predicted octanol–water partition coefficient (Wildman–Crippen LogP) is 1.42. The zero-order valence-corrected chi connectivity index (χ0v) is 7.54. The topological polar surface area (TPSA) is 59.4 Å². The molecule has 0 fully saturated rings. The molecule has 0 aliphatic rings. The average molecular weight is 220 g/mol. The highest BCUT2D eigenvalue weighted by molar-refractivity contribution is 9.10. The second kappa shape index (κ2) is 3.90. The van der Waals surface area contributed by atoms with Crippen molar-refractivity contribution in [2.24, 2.45) is 5.73 Å². The first kappa shape index (κ1) is 8.77. The van der Waals surface area contributed by atoms with Crippen molar-refractivity contribution in [2.75, 3.05) is 6.54 Å². The van der Waals surface area contributed by atoms with Crippen LogP contribution < -0.4 is 5.73 Å². The number of nitrogens with two attached hydrogens (primary N) is 1. The molecule has 0 saturated carbocycles. The molecule has 11 heavy (non-hydrogen) atoms. The van der Waals surface area contributed by atoms with Crippen LogP contribution in [0.25, 0.3) is 0 Å². The Morgan fingerprint density at radius 2 is 2.45 bits per heavy atom. The van der Waals surface area contributed by atoms with Gasteiger partial charge in [-0.25, -0.2) is 0 Å². The highest BCUT2D eigenvalue weighted by atomic mass is 79.9. The molecule has 0 saturated heterocycles. The van der Waals surface area contributed by atoms with Crippen LogP contribution in [0.1, 0.15) is 18.3 Å². The summed E-state index contributed by atoms with van der Waals surface area (Å²) in [6, 6.07) is 1.75. The molecule has 0 amide bonds. The maximum absolute atomic E-state index is 9.39. The van der Waals surface area contributed by atoms with Crippen LogP contribution in [0, 0.1) is 0 Å². The third-order valence-corrected chi connectivity index (χ3v) is 2.04. The van der Waals surface area contributed by atoms with Crippen LogP contribution in [0.5, 0.6) is 0 Å². The Balaban J connectivity index is 2.67. The van der Waals surface area contributed by atoms with Crippen molar-refractivity contribution in [3.8, 4) is 0 Å². The Hall–Kier alpha value is -0.320. The lowest BCUT2D eigenvalue weighted by atomic mass is 10.2. The Morgan fingerprint density at radius 1 is 1.73 bits per heavy atom. The van der Waals surface area contributed by atoms with Gasteiger partial charge in [-0.3, -0.25) is 0 Å². The summed E-state index contributed by atoms with van der Waals surface area (Å²) in [5.41, 5.74) is 5.27. The van der Waals surface area contributed by atoms with E-state index in [4.69, 9.17) is 10.2 Å². The van der Waals surface area contributed by atoms with Crippen LogP contribution in [0.4, 0.5) is 0 Å². The second-order valence-corrected chi connectivity index (χ2v) is 3.08. The molecule has 1 aromatic rings. The summed E-state index contributed by atoms with van der Waals surface area (Å²) >= 11 is 3.24. The Labute approximate surface area is 73.3 Å². The number of halogens is 1. The number of furan rings is 1. The van der Waals surface area contributed by atoms with E-state index in [-0.39, 0.29) is 0 Å². The lowest BCUT2D eigenvalue weighted by Crippen LogP contribution is -2.06. The normalized spacial score (nSPS) is 13.4. The predicted molar refractivity (Wildman–Crippen MR) is 45.0 cm³/mol. The van der Waals surface area contributed by atoms with Crippen molar-refractivity contribution in [3.05, 3.63) is 22.6 Å². The summed E-state index contributed by atoms with van der Waals surface area (Å²) in [5, 5.41) is 9.39. The third kappa shape index (κ3) is 2.05. The first-order valence-corrected chi connectivity index (χ1v) is 4.16. The van der Waals surface area contributed by atoms with Gasteiger partial charge in [0, 0.05) is 0 Å². The molecule has 1 aromatic heterocycles. The molecule has 1 heterocycles. The van der Waals surface area contributed by atoms with Crippen LogP contribution in [0.3, 0.4) is 0 Å². The summed E-state index contributed by atoms with van der Waals surface area (Å²) in [7, 11) is 0. The van der Waals surface area contributed by atoms with E-state index in [0.717, 1.165) is 4.47 Å². The number of aliphatic hydroxyl groups excluding tert-OH is 1. The first-order valence-electron chi connectivity index (χ1n) is 3.36. The summed E-state index contributed by atoms with van der Waals surface area (Å²) in [6.45, 7) is 0.453. The van der Waals surface area contributed by atoms with E-state index in [0.29, 0.717) is 18.7 Å². The molecule has 0 aromatic carbocycles. The summed E-state index contributed by atoms with van der Waals surface area (Å²) in [6.07, 6.45) is 1.45. The van der Waals surface area contributed by atoms with Gasteiger partial charge < -0.3 is 15.3 Å². The van der Waals surface area contributed by atoms with E-state index < -0.39 is 6.10 Å². The molecule has 0 radical (unpaired) electrons. The molecular weight excluding hydrogens is 210 g/mol. The minimum atomic E-state index is -0.593. The van der Waals surface area contributed by atoms with E-state index in [2.05, 4.69) is 15.9 Å². The molecule has 1 atom stereocenters. The van der Waals surface area contributed by atoms with Gasteiger partial charge in [-0.15, -0.1) is 0 Å². The number of rotatable bonds is 3. The molecule has 3 N–H and O–H groups in total. The minimum absolute atomic E-state index is 0.453. The van der Waals surface area contributed by atoms with Crippen molar-refractivity contribution in [1.29, 1.82) is 0 Å². The summed E-state index contributed by atoms with van der Waals surface area (Å²) < 4.78 is 5.82. The molecule has 62 valence electrons. The average Bonchev–Trinajstić information content (AvgIpc) is 2.36. The van der Waals surface area contributed by atoms with Crippen LogP contribution in [-0.2, 0) is 0 Å². The largest absolute Gasteiger partial charge is 0.465 e. The molecule has 0 aliphatic carbocycles. The van der Waals surface area contributed by atoms with E-state index in [1.165, 1.54) is 6.26 Å². The third-order valence-electron chi connectivity index (χ3n) is 1.39. The van der Waals surface area contributed by atoms with Gasteiger partial charge in [-0.1, -0.05) is 0 Å². The molecule has 1 rings (SSSR count). The maximum Gasteiger partial charge on any atom is 0.146 e. The van der Waals surface area contributed by atoms with Crippen LogP contribution in [-0.4, -0.2) is 11.7 Å². The van der Waals surface area contributed by atoms with Crippen molar-refractivity contribution < 1.29 is 9.52 Å². The van der Waals surface area contributed by atoms with Gasteiger partial charge in [0.15, 0.2) is 0 Å². The maximum atomic E-state index is 9.39. The number of aliphatic hydroxyl groups is 1. The van der Waals surface area contributed by atoms with Gasteiger partial charge in [0.05, 0.1) is 10.7 Å². The van der Waals surface area contributed by atoms with Gasteiger partial charge >= 0.3 is 0 Å². The lowest BCUT2D eigenvalue weighted by Gasteiger charge is -2.05. The second-order valence-electron chi connectivity index (χ2n) is 2.23. The SMILES string of the molecule is NCCC(O)c1occc1Br. The van der Waals surface area contributed by atoms with Crippen LogP contribution >= 0.6 is 15.9 Å². The first-order chi connectivity index (χ1) is 5.25. The van der Waals surface area contributed by atoms with E-state index in [9.17, 15) is 5.11 Å². The summed E-state index contributed by atoms with van der Waals surface area (Å²) in [4.78, 5) is 0. The minimum Gasteiger partial charge on any atom is -0.465 e. The van der Waals surface area contributed by atoms with Gasteiger partial charge in [-0.05, 0) is 35.0 Å². The van der Waals surface area contributed by atoms with Crippen molar-refractivity contribution in [2.45, 2.75) is 12.5 Å². The van der Waals surface area contributed by atoms with Crippen molar-refractivity contribution in [3.63, 3.8) is 0 Å². The van der Waals surface area contributed by atoms with E-state index in [1.54, 1.807) is 6.07 Å². The van der Waals surface area contributed by atoms with Crippen molar-refractivity contribution >= 4 is 15.9 Å². The molecule has 0 aliphatic heterocycles. The van der Waals surface area contributed by atoms with E-state index >= 15 is 0 Å². The Morgan fingerprint density at radius 3 is 2.91 bits per heavy atom. The van der Waals surface area contributed by atoms with Gasteiger partial charge in [0.25, 0.3) is 0 Å². The van der Waals surface area contributed by atoms with Gasteiger partial charge in [-0.2, -0.15) is 0 Å². The van der Waals surface area contributed by atoms with Crippen molar-refractivity contribution in [1.82, 2.24) is 0 Å². The zero-order valence-electron chi connectivity index (χ0n) is 5.96. The fraction of sp³-hybridized carbons (Fsp3) is 0.429. The van der Waals surface area contributed by atoms with Gasteiger partial charge in [0.1, 0.15) is 11.9 Å². The molecular formula is C7H10BrNO2. The fourth-order valence-electron chi connectivity index (χ4n) is 0.832. The monoisotopic (exact) mass is 219 g/mol. The smallest absolute Gasteiger partial charge is 0.146 e. The highest BCUT2D eigenvalue weighted by Crippen LogP contribution is 2.25. The summed E-state index contributed by atoms with van der Waals surface area (Å²) in [5.74, 6) is 0.551. The number of hydrogen-bond donors (Lipinski definition) is 2. The molecule has 0 spiro atoms. The lowest BCUT2D eigenvalue weighted by molar-refractivity contribution is 0.142. The molecule has 3 nitrogen and oxygen atoms in total. The Kier molecular flexibility index (Phi) is 3.11. The molecule has 4 heteroatoms. The molecule has 1 unspecified atom stereocenters. The zero-order chi connectivity index (χ0) is 8.27. The highest BCUT2D eigenvalue weighted by Gasteiger charge is 2.12. The fourth-order valence-corrected chi connectivity index (χ4v) is 1.30. The van der Waals surface area contributed by atoms with Gasteiger partial charge in [0.2, 0.25) is 0 Å². The standard InChI is InChI=1S/C7H10BrNO2/c8-5-2-4-11-7(5)6(10)1-3-9/h2,4,6,10H,1,3,9H2. The van der Waals surface area contributed by atoms with Crippen LogP contribution in [0.2, 0.25) is 0 Å². The quantitative estimate of drug-likeness (QED) is 0.809.